The summed E-state index contributed by atoms with van der Waals surface area (Å²) in [6.45, 7) is 3.07. The first-order valence-electron chi connectivity index (χ1n) is 12.6. The molecule has 39 heavy (non-hydrogen) atoms. The number of esters is 1. The number of aliphatic hydroxyl groups is 1. The van der Waals surface area contributed by atoms with Gasteiger partial charge in [0.25, 0.3) is 11.7 Å². The van der Waals surface area contributed by atoms with Crippen molar-refractivity contribution < 1.29 is 33.7 Å². The Labute approximate surface area is 227 Å². The van der Waals surface area contributed by atoms with Gasteiger partial charge in [-0.25, -0.2) is 4.79 Å². The number of benzene rings is 3. The second-order valence-corrected chi connectivity index (χ2v) is 9.19. The largest absolute Gasteiger partial charge is 0.507 e. The van der Waals surface area contributed by atoms with E-state index >= 15 is 0 Å². The Kier molecular flexibility index (Phi) is 8.78. The van der Waals surface area contributed by atoms with Crippen molar-refractivity contribution in [1.29, 1.82) is 0 Å². The van der Waals surface area contributed by atoms with Gasteiger partial charge < -0.3 is 24.2 Å². The number of likely N-dealkylation sites (tertiary alicyclic amines) is 1. The molecule has 1 aliphatic heterocycles. The number of aliphatic hydroxyl groups excluding tert-OH is 1. The van der Waals surface area contributed by atoms with Crippen molar-refractivity contribution in [1.82, 2.24) is 4.90 Å². The Hall–Kier alpha value is -4.43. The molecule has 1 fully saturated rings. The van der Waals surface area contributed by atoms with Crippen LogP contribution in [0.5, 0.6) is 5.75 Å². The molecule has 1 heterocycles. The molecule has 8 heteroatoms. The lowest BCUT2D eigenvalue weighted by molar-refractivity contribution is -0.140. The summed E-state index contributed by atoms with van der Waals surface area (Å²) in [6.07, 6.45) is 0.507. The van der Waals surface area contributed by atoms with Crippen LogP contribution in [-0.2, 0) is 25.7 Å². The average Bonchev–Trinajstić information content (AvgIpc) is 3.21. The zero-order valence-corrected chi connectivity index (χ0v) is 22.2. The zero-order valence-electron chi connectivity index (χ0n) is 22.2. The number of ketones is 1. The molecule has 3 aromatic rings. The number of hydrogen-bond donors (Lipinski definition) is 1. The lowest BCUT2D eigenvalue weighted by atomic mass is 9.94. The minimum absolute atomic E-state index is 0.0168. The first kappa shape index (κ1) is 27.6. The number of Topliss-reactive ketones (excluding diaryl/α,β-unsaturated/α-hetero) is 1. The molecule has 1 saturated heterocycles. The highest BCUT2D eigenvalue weighted by atomic mass is 16.5. The molecule has 1 aliphatic rings. The Balaban J connectivity index is 1.65. The first-order chi connectivity index (χ1) is 18.8. The van der Waals surface area contributed by atoms with Gasteiger partial charge in [-0.1, -0.05) is 36.4 Å². The summed E-state index contributed by atoms with van der Waals surface area (Å²) < 4.78 is 15.8. The smallest absolute Gasteiger partial charge is 0.337 e. The summed E-state index contributed by atoms with van der Waals surface area (Å²) in [6, 6.07) is 20.3. The normalized spacial score (nSPS) is 16.4. The maximum Gasteiger partial charge on any atom is 0.337 e. The van der Waals surface area contributed by atoms with Crippen LogP contribution in [0.1, 0.15) is 45.1 Å². The van der Waals surface area contributed by atoms with Crippen molar-refractivity contribution in [2.75, 3.05) is 27.4 Å². The van der Waals surface area contributed by atoms with Crippen LogP contribution in [0.25, 0.3) is 5.76 Å². The molecule has 0 bridgehead atoms. The number of carbonyl (C=O) groups is 3. The molecular formula is C31H31NO7. The van der Waals surface area contributed by atoms with Crippen LogP contribution in [0.2, 0.25) is 0 Å². The maximum absolute atomic E-state index is 13.2. The number of hydrogen-bond acceptors (Lipinski definition) is 7. The van der Waals surface area contributed by atoms with Gasteiger partial charge in [0.2, 0.25) is 0 Å². The SMILES string of the molecule is COCCCN1C(=O)C(=O)C(=C(O)c2ccc(OCc3ccccc3C)cc2)C1c1ccc(C(=O)OC)cc1. The molecule has 1 N–H and O–H groups in total. The van der Waals surface area contributed by atoms with Crippen molar-refractivity contribution in [2.24, 2.45) is 0 Å². The van der Waals surface area contributed by atoms with Crippen molar-refractivity contribution >= 4 is 23.4 Å². The number of nitrogens with zero attached hydrogens (tertiary/aromatic N) is 1. The third-order valence-corrected chi connectivity index (χ3v) is 6.72. The minimum atomic E-state index is -0.828. The molecule has 8 nitrogen and oxygen atoms in total. The summed E-state index contributed by atoms with van der Waals surface area (Å²) in [4.78, 5) is 39.6. The Morgan fingerprint density at radius 3 is 2.23 bits per heavy atom. The lowest BCUT2D eigenvalue weighted by Gasteiger charge is -2.25. The Bertz CT molecular complexity index is 1380. The molecule has 1 amide bonds. The summed E-state index contributed by atoms with van der Waals surface area (Å²) in [5, 5.41) is 11.3. The molecule has 1 unspecified atom stereocenters. The van der Waals surface area contributed by atoms with Gasteiger partial charge in [0.05, 0.1) is 24.3 Å². The van der Waals surface area contributed by atoms with Crippen LogP contribution >= 0.6 is 0 Å². The lowest BCUT2D eigenvalue weighted by Crippen LogP contribution is -2.31. The maximum atomic E-state index is 13.2. The summed E-state index contributed by atoms with van der Waals surface area (Å²) in [5.41, 5.74) is 3.47. The predicted molar refractivity (Wildman–Crippen MR) is 145 cm³/mol. The zero-order chi connectivity index (χ0) is 27.9. The fourth-order valence-electron chi connectivity index (χ4n) is 4.55. The van der Waals surface area contributed by atoms with Crippen LogP contribution in [0.3, 0.4) is 0 Å². The molecule has 1 atom stereocenters. The van der Waals surface area contributed by atoms with E-state index in [1.54, 1.807) is 55.6 Å². The molecule has 0 spiro atoms. The van der Waals surface area contributed by atoms with Crippen LogP contribution in [0.15, 0.2) is 78.4 Å². The van der Waals surface area contributed by atoms with Gasteiger partial charge in [-0.05, 0) is 66.4 Å². The fourth-order valence-corrected chi connectivity index (χ4v) is 4.55. The minimum Gasteiger partial charge on any atom is -0.507 e. The van der Waals surface area contributed by atoms with Gasteiger partial charge in [-0.15, -0.1) is 0 Å². The fraction of sp³-hybridized carbons (Fsp3) is 0.258. The molecule has 3 aromatic carbocycles. The highest BCUT2D eigenvalue weighted by molar-refractivity contribution is 6.46. The predicted octanol–water partition coefficient (Wildman–Crippen LogP) is 4.82. The number of amides is 1. The molecular weight excluding hydrogens is 498 g/mol. The number of carbonyl (C=O) groups excluding carboxylic acids is 3. The second-order valence-electron chi connectivity index (χ2n) is 9.19. The number of methoxy groups -OCH3 is 2. The third-order valence-electron chi connectivity index (χ3n) is 6.72. The number of rotatable bonds is 10. The molecule has 4 rings (SSSR count). The van der Waals surface area contributed by atoms with Gasteiger partial charge in [0, 0.05) is 25.8 Å². The second kappa shape index (κ2) is 12.4. The summed E-state index contributed by atoms with van der Waals surface area (Å²) in [7, 11) is 2.85. The van der Waals surface area contributed by atoms with E-state index in [9.17, 15) is 19.5 Å². The van der Waals surface area contributed by atoms with E-state index in [1.807, 2.05) is 31.2 Å². The molecule has 202 valence electrons. The topological polar surface area (TPSA) is 102 Å². The van der Waals surface area contributed by atoms with E-state index in [0.717, 1.165) is 11.1 Å². The summed E-state index contributed by atoms with van der Waals surface area (Å²) >= 11 is 0. The standard InChI is InChI=1S/C31H31NO7/c1-20-7-4-5-8-24(20)19-39-25-15-13-22(14-16-25)28(33)26-27(21-9-11-23(12-10-21)31(36)38-3)32(17-6-18-37-2)30(35)29(26)34/h4-5,7-16,27,33H,6,17-19H2,1-3H3. The van der Waals surface area contributed by atoms with Gasteiger partial charge in [0.1, 0.15) is 18.1 Å². The van der Waals surface area contributed by atoms with Crippen LogP contribution in [-0.4, -0.2) is 55.0 Å². The quantitative estimate of drug-likeness (QED) is 0.132. The van der Waals surface area contributed by atoms with Crippen LogP contribution in [0, 0.1) is 6.92 Å². The molecule has 0 aliphatic carbocycles. The van der Waals surface area contributed by atoms with Gasteiger partial charge in [0.15, 0.2) is 0 Å². The summed E-state index contributed by atoms with van der Waals surface area (Å²) in [5.74, 6) is -1.65. The van der Waals surface area contributed by atoms with E-state index in [2.05, 4.69) is 0 Å². The Morgan fingerprint density at radius 1 is 0.923 bits per heavy atom. The van der Waals surface area contributed by atoms with E-state index in [0.29, 0.717) is 42.1 Å². The van der Waals surface area contributed by atoms with Gasteiger partial charge in [-0.3, -0.25) is 9.59 Å². The van der Waals surface area contributed by atoms with Gasteiger partial charge in [-0.2, -0.15) is 0 Å². The van der Waals surface area contributed by atoms with Crippen LogP contribution in [0.4, 0.5) is 0 Å². The van der Waals surface area contributed by atoms with E-state index in [1.165, 1.54) is 12.0 Å². The van der Waals surface area contributed by atoms with E-state index in [-0.39, 0.29) is 17.9 Å². The van der Waals surface area contributed by atoms with Crippen molar-refractivity contribution in [3.63, 3.8) is 0 Å². The van der Waals surface area contributed by atoms with E-state index in [4.69, 9.17) is 14.2 Å². The average molecular weight is 530 g/mol. The number of ether oxygens (including phenoxy) is 3. The molecule has 0 aromatic heterocycles. The molecule has 0 saturated carbocycles. The number of aryl methyl sites for hydroxylation is 1. The third kappa shape index (κ3) is 6.02. The van der Waals surface area contributed by atoms with E-state index < -0.39 is 23.7 Å². The Morgan fingerprint density at radius 2 is 1.59 bits per heavy atom. The van der Waals surface area contributed by atoms with Gasteiger partial charge >= 0.3 is 5.97 Å². The first-order valence-corrected chi connectivity index (χ1v) is 12.6. The highest BCUT2D eigenvalue weighted by Gasteiger charge is 2.45. The monoisotopic (exact) mass is 529 g/mol. The van der Waals surface area contributed by atoms with Crippen LogP contribution < -0.4 is 4.74 Å². The highest BCUT2D eigenvalue weighted by Crippen LogP contribution is 2.39. The van der Waals surface area contributed by atoms with Crippen molar-refractivity contribution in [2.45, 2.75) is 26.0 Å². The van der Waals surface area contributed by atoms with Crippen molar-refractivity contribution in [3.05, 3.63) is 106 Å². The van der Waals surface area contributed by atoms with Crippen molar-refractivity contribution in [3.8, 4) is 5.75 Å². The molecule has 0 radical (unpaired) electrons.